The summed E-state index contributed by atoms with van der Waals surface area (Å²) < 4.78 is 6.10. The molecule has 0 radical (unpaired) electrons. The van der Waals surface area contributed by atoms with E-state index in [1.165, 1.54) is 12.8 Å². The molecule has 1 aromatic carbocycles. The minimum Gasteiger partial charge on any atom is -0.488 e. The number of hydrogen-bond acceptors (Lipinski definition) is 5. The lowest BCUT2D eigenvalue weighted by molar-refractivity contribution is 0.200. The average molecular weight is 335 g/mol. The largest absolute Gasteiger partial charge is 0.488 e. The summed E-state index contributed by atoms with van der Waals surface area (Å²) in [6, 6.07) is 8.13. The molecule has 6 nitrogen and oxygen atoms in total. The molecule has 0 unspecified atom stereocenters. The van der Waals surface area contributed by atoms with Crippen molar-refractivity contribution in [2.45, 2.75) is 38.2 Å². The smallest absolute Gasteiger partial charge is 0.132 e. The van der Waals surface area contributed by atoms with Gasteiger partial charge >= 0.3 is 0 Å². The highest BCUT2D eigenvalue weighted by Crippen LogP contribution is 2.40. The molecule has 2 aromatic heterocycles. The van der Waals surface area contributed by atoms with Gasteiger partial charge in [0.25, 0.3) is 0 Å². The second-order valence-electron chi connectivity index (χ2n) is 7.29. The fourth-order valence-electron chi connectivity index (χ4n) is 3.41. The first-order chi connectivity index (χ1) is 12.2. The molecule has 1 N–H and O–H groups in total. The highest BCUT2D eigenvalue weighted by molar-refractivity contribution is 5.93. The van der Waals surface area contributed by atoms with Crippen molar-refractivity contribution < 1.29 is 4.74 Å². The Bertz CT molecular complexity index is 924. The van der Waals surface area contributed by atoms with Crippen LogP contribution < -0.4 is 9.64 Å². The number of benzene rings is 1. The molecule has 1 aliphatic heterocycles. The molecule has 128 valence electrons. The fourth-order valence-corrected chi connectivity index (χ4v) is 3.41. The summed E-state index contributed by atoms with van der Waals surface area (Å²) >= 11 is 0. The Balaban J connectivity index is 1.53. The monoisotopic (exact) mass is 335 g/mol. The molecule has 5 rings (SSSR count). The van der Waals surface area contributed by atoms with Crippen molar-refractivity contribution in [3.63, 3.8) is 0 Å². The summed E-state index contributed by atoms with van der Waals surface area (Å²) in [5.74, 6) is 1.88. The number of anilines is 1. The predicted octanol–water partition coefficient (Wildman–Crippen LogP) is 3.55. The van der Waals surface area contributed by atoms with Crippen molar-refractivity contribution in [3.8, 4) is 17.1 Å². The van der Waals surface area contributed by atoms with Crippen LogP contribution in [0.5, 0.6) is 5.75 Å². The van der Waals surface area contributed by atoms with Crippen LogP contribution in [0.3, 0.4) is 0 Å². The molecule has 2 fully saturated rings. The first kappa shape index (κ1) is 14.7. The van der Waals surface area contributed by atoms with Crippen molar-refractivity contribution in [1.29, 1.82) is 0 Å². The van der Waals surface area contributed by atoms with Gasteiger partial charge in [0.2, 0.25) is 0 Å². The minimum atomic E-state index is 0.00934. The standard InChI is InChI=1S/C19H21N5O/c1-19(6-7-19)25-13-4-5-15-14(10-13)18(23-22-15)16-11-17(21-12-20-16)24-8-2-3-9-24/h4-5,10-12H,2-3,6-9H2,1H3,(H,22,23). The molecule has 0 bridgehead atoms. The van der Waals surface area contributed by atoms with Crippen LogP contribution in [-0.4, -0.2) is 38.9 Å². The van der Waals surface area contributed by atoms with Crippen LogP contribution in [0.4, 0.5) is 5.82 Å². The molecular weight excluding hydrogens is 314 g/mol. The Kier molecular flexibility index (Phi) is 3.20. The summed E-state index contributed by atoms with van der Waals surface area (Å²) in [4.78, 5) is 11.2. The number of nitrogens with zero attached hydrogens (tertiary/aromatic N) is 4. The van der Waals surface area contributed by atoms with E-state index in [9.17, 15) is 0 Å². The van der Waals surface area contributed by atoms with E-state index in [0.717, 1.165) is 59.8 Å². The summed E-state index contributed by atoms with van der Waals surface area (Å²) in [5.41, 5.74) is 2.70. The van der Waals surface area contributed by atoms with Gasteiger partial charge in [0, 0.05) is 24.5 Å². The lowest BCUT2D eigenvalue weighted by atomic mass is 10.1. The lowest BCUT2D eigenvalue weighted by Crippen LogP contribution is -2.19. The number of hydrogen-bond donors (Lipinski definition) is 1. The van der Waals surface area contributed by atoms with Crippen LogP contribution >= 0.6 is 0 Å². The van der Waals surface area contributed by atoms with Crippen molar-refractivity contribution in [2.24, 2.45) is 0 Å². The van der Waals surface area contributed by atoms with Gasteiger partial charge < -0.3 is 9.64 Å². The van der Waals surface area contributed by atoms with Gasteiger partial charge in [-0.15, -0.1) is 0 Å². The van der Waals surface area contributed by atoms with E-state index in [1.54, 1.807) is 6.33 Å². The molecule has 0 spiro atoms. The van der Waals surface area contributed by atoms with E-state index in [2.05, 4.69) is 38.1 Å². The van der Waals surface area contributed by atoms with Crippen LogP contribution in [0.2, 0.25) is 0 Å². The second kappa shape index (κ2) is 5.44. The topological polar surface area (TPSA) is 66.9 Å². The third kappa shape index (κ3) is 2.71. The highest BCUT2D eigenvalue weighted by atomic mass is 16.5. The molecule has 6 heteroatoms. The predicted molar refractivity (Wildman–Crippen MR) is 96.8 cm³/mol. The van der Waals surface area contributed by atoms with Gasteiger partial charge in [-0.1, -0.05) is 0 Å². The molecule has 25 heavy (non-hydrogen) atoms. The lowest BCUT2D eigenvalue weighted by Gasteiger charge is -2.16. The van der Waals surface area contributed by atoms with Gasteiger partial charge in [-0.3, -0.25) is 5.10 Å². The number of nitrogens with one attached hydrogen (secondary N) is 1. The van der Waals surface area contributed by atoms with Crippen molar-refractivity contribution >= 4 is 16.7 Å². The molecule has 1 saturated carbocycles. The van der Waals surface area contributed by atoms with Gasteiger partial charge in [-0.25, -0.2) is 9.97 Å². The fraction of sp³-hybridized carbons (Fsp3) is 0.421. The number of ether oxygens (including phenoxy) is 1. The maximum Gasteiger partial charge on any atom is 0.132 e. The first-order valence-corrected chi connectivity index (χ1v) is 8.95. The zero-order chi connectivity index (χ0) is 16.9. The zero-order valence-corrected chi connectivity index (χ0v) is 14.3. The molecule has 3 aromatic rings. The molecule has 2 aliphatic rings. The van der Waals surface area contributed by atoms with Gasteiger partial charge in [0.05, 0.1) is 11.2 Å². The number of aromatic amines is 1. The van der Waals surface area contributed by atoms with Crippen molar-refractivity contribution in [2.75, 3.05) is 18.0 Å². The Morgan fingerprint density at radius 1 is 1.12 bits per heavy atom. The van der Waals surface area contributed by atoms with E-state index < -0.39 is 0 Å². The van der Waals surface area contributed by atoms with E-state index in [-0.39, 0.29) is 5.60 Å². The van der Waals surface area contributed by atoms with E-state index in [4.69, 9.17) is 4.74 Å². The van der Waals surface area contributed by atoms with Gasteiger partial charge in [-0.05, 0) is 50.8 Å². The Morgan fingerprint density at radius 2 is 1.96 bits per heavy atom. The van der Waals surface area contributed by atoms with Crippen LogP contribution in [0.1, 0.15) is 32.6 Å². The van der Waals surface area contributed by atoms with Crippen LogP contribution in [0.15, 0.2) is 30.6 Å². The van der Waals surface area contributed by atoms with Crippen LogP contribution in [0.25, 0.3) is 22.3 Å². The summed E-state index contributed by atoms with van der Waals surface area (Å²) in [6.45, 7) is 4.28. The molecule has 1 saturated heterocycles. The highest BCUT2D eigenvalue weighted by Gasteiger charge is 2.40. The third-order valence-electron chi connectivity index (χ3n) is 5.18. The van der Waals surface area contributed by atoms with E-state index in [0.29, 0.717) is 0 Å². The molecular formula is C19H21N5O. The Labute approximate surface area is 146 Å². The summed E-state index contributed by atoms with van der Waals surface area (Å²) in [7, 11) is 0. The quantitative estimate of drug-likeness (QED) is 0.790. The number of rotatable bonds is 4. The minimum absolute atomic E-state index is 0.00934. The summed E-state index contributed by atoms with van der Waals surface area (Å²) in [5, 5.41) is 8.63. The maximum atomic E-state index is 6.10. The first-order valence-electron chi connectivity index (χ1n) is 8.95. The number of H-pyrrole nitrogens is 1. The molecule has 1 aliphatic carbocycles. The average Bonchev–Trinajstić information content (AvgIpc) is 3.07. The zero-order valence-electron chi connectivity index (χ0n) is 14.3. The van der Waals surface area contributed by atoms with Crippen molar-refractivity contribution in [1.82, 2.24) is 20.2 Å². The molecule has 0 amide bonds. The van der Waals surface area contributed by atoms with E-state index >= 15 is 0 Å². The van der Waals surface area contributed by atoms with Crippen molar-refractivity contribution in [3.05, 3.63) is 30.6 Å². The third-order valence-corrected chi connectivity index (χ3v) is 5.18. The Hall–Kier alpha value is -2.63. The van der Waals surface area contributed by atoms with Gasteiger partial charge in [-0.2, -0.15) is 5.10 Å². The van der Waals surface area contributed by atoms with Crippen LogP contribution in [0, 0.1) is 0 Å². The SMILES string of the molecule is CC1(Oc2ccc3[nH]nc(-c4cc(N5CCCC5)ncn4)c3c2)CC1. The number of fused-ring (bicyclic) bond motifs is 1. The molecule has 0 atom stereocenters. The summed E-state index contributed by atoms with van der Waals surface area (Å²) in [6.07, 6.45) is 6.33. The second-order valence-corrected chi connectivity index (χ2v) is 7.29. The normalized spacial score (nSPS) is 18.7. The van der Waals surface area contributed by atoms with E-state index in [1.807, 2.05) is 18.2 Å². The number of aromatic nitrogens is 4. The Morgan fingerprint density at radius 3 is 2.76 bits per heavy atom. The van der Waals surface area contributed by atoms with Gasteiger partial charge in [0.15, 0.2) is 0 Å². The molecule has 3 heterocycles. The van der Waals surface area contributed by atoms with Crippen LogP contribution in [-0.2, 0) is 0 Å². The maximum absolute atomic E-state index is 6.10. The van der Waals surface area contributed by atoms with Gasteiger partial charge in [0.1, 0.15) is 29.2 Å².